The third-order valence-electron chi connectivity index (χ3n) is 2.43. The van der Waals surface area contributed by atoms with Crippen molar-refractivity contribution in [3.05, 3.63) is 21.3 Å². The van der Waals surface area contributed by atoms with Crippen LogP contribution in [0.1, 0.15) is 24.6 Å². The lowest BCUT2D eigenvalue weighted by atomic mass is 10.3. The molecule has 1 aromatic rings. The summed E-state index contributed by atoms with van der Waals surface area (Å²) in [6.07, 6.45) is 2.53. The lowest BCUT2D eigenvalue weighted by Crippen LogP contribution is -2.29. The summed E-state index contributed by atoms with van der Waals surface area (Å²) in [6.45, 7) is 6.49. The zero-order valence-corrected chi connectivity index (χ0v) is 11.7. The van der Waals surface area contributed by atoms with E-state index in [1.807, 2.05) is 6.07 Å². The number of hydrogen-bond acceptors (Lipinski definition) is 3. The van der Waals surface area contributed by atoms with Crippen LogP contribution in [0.4, 0.5) is 0 Å². The van der Waals surface area contributed by atoms with Gasteiger partial charge in [0.1, 0.15) is 0 Å². The summed E-state index contributed by atoms with van der Waals surface area (Å²) < 4.78 is 0.879. The van der Waals surface area contributed by atoms with Crippen LogP contribution in [0.5, 0.6) is 0 Å². The quantitative estimate of drug-likeness (QED) is 0.722. The Bertz CT molecular complexity index is 288. The van der Waals surface area contributed by atoms with Crippen molar-refractivity contribution >= 4 is 22.9 Å². The summed E-state index contributed by atoms with van der Waals surface area (Å²) in [6, 6.07) is 4.07. The van der Waals surface area contributed by atoms with Gasteiger partial charge in [-0.25, -0.2) is 0 Å². The molecule has 0 spiro atoms. The summed E-state index contributed by atoms with van der Waals surface area (Å²) in [7, 11) is 2.15. The van der Waals surface area contributed by atoms with Crippen LogP contribution in [-0.4, -0.2) is 31.6 Å². The van der Waals surface area contributed by atoms with Gasteiger partial charge in [0.25, 0.3) is 0 Å². The van der Waals surface area contributed by atoms with E-state index in [0.717, 1.165) is 30.5 Å². The fourth-order valence-electron chi connectivity index (χ4n) is 1.48. The molecule has 0 fully saturated rings. The van der Waals surface area contributed by atoms with Gasteiger partial charge < -0.3 is 10.2 Å². The molecule has 92 valence electrons. The van der Waals surface area contributed by atoms with E-state index in [-0.39, 0.29) is 0 Å². The lowest BCUT2D eigenvalue weighted by molar-refractivity contribution is 0.327. The SMILES string of the molecule is CCCCNCCN(C)Cc1ccc(Cl)s1. The molecule has 0 aliphatic rings. The van der Waals surface area contributed by atoms with E-state index in [1.165, 1.54) is 17.7 Å². The Hall–Kier alpha value is -0.0900. The summed E-state index contributed by atoms with van der Waals surface area (Å²) in [5.41, 5.74) is 0. The maximum Gasteiger partial charge on any atom is 0.0931 e. The molecule has 0 bridgehead atoms. The van der Waals surface area contributed by atoms with E-state index in [2.05, 4.69) is 30.3 Å². The molecule has 1 rings (SSSR count). The van der Waals surface area contributed by atoms with E-state index < -0.39 is 0 Å². The second-order valence-electron chi connectivity index (χ2n) is 4.05. The minimum atomic E-state index is 0.879. The first-order valence-electron chi connectivity index (χ1n) is 5.86. The van der Waals surface area contributed by atoms with E-state index in [1.54, 1.807) is 11.3 Å². The van der Waals surface area contributed by atoms with Crippen LogP contribution >= 0.6 is 22.9 Å². The van der Waals surface area contributed by atoms with Crippen LogP contribution < -0.4 is 5.32 Å². The molecule has 0 saturated carbocycles. The van der Waals surface area contributed by atoms with Gasteiger partial charge in [0, 0.05) is 24.5 Å². The van der Waals surface area contributed by atoms with E-state index in [4.69, 9.17) is 11.6 Å². The molecular formula is C12H21ClN2S. The third kappa shape index (κ3) is 5.85. The Balaban J connectivity index is 2.09. The highest BCUT2D eigenvalue weighted by molar-refractivity contribution is 7.16. The Morgan fingerprint density at radius 2 is 2.19 bits per heavy atom. The van der Waals surface area contributed by atoms with Crippen LogP contribution in [0.15, 0.2) is 12.1 Å². The van der Waals surface area contributed by atoms with Crippen molar-refractivity contribution in [2.45, 2.75) is 26.3 Å². The largest absolute Gasteiger partial charge is 0.315 e. The van der Waals surface area contributed by atoms with Gasteiger partial charge in [0.05, 0.1) is 4.34 Å². The number of likely N-dealkylation sites (N-methyl/N-ethyl adjacent to an activating group) is 1. The summed E-state index contributed by atoms with van der Waals surface area (Å²) in [4.78, 5) is 3.65. The number of nitrogens with one attached hydrogen (secondary N) is 1. The average Bonchev–Trinajstić information content (AvgIpc) is 2.63. The highest BCUT2D eigenvalue weighted by atomic mass is 35.5. The van der Waals surface area contributed by atoms with Gasteiger partial charge in [-0.05, 0) is 32.1 Å². The molecule has 0 aliphatic heterocycles. The number of thiophene rings is 1. The molecule has 0 aliphatic carbocycles. The first-order valence-corrected chi connectivity index (χ1v) is 7.05. The summed E-state index contributed by atoms with van der Waals surface area (Å²) in [5, 5.41) is 3.44. The number of nitrogens with zero attached hydrogens (tertiary/aromatic N) is 1. The van der Waals surface area contributed by atoms with Crippen LogP contribution in [0, 0.1) is 0 Å². The Kier molecular flexibility index (Phi) is 7.05. The molecule has 1 aromatic heterocycles. The molecule has 0 aromatic carbocycles. The number of rotatable bonds is 8. The predicted molar refractivity (Wildman–Crippen MR) is 73.4 cm³/mol. The van der Waals surface area contributed by atoms with E-state index >= 15 is 0 Å². The molecule has 1 heterocycles. The molecule has 1 N–H and O–H groups in total. The number of hydrogen-bond donors (Lipinski definition) is 1. The maximum atomic E-state index is 5.89. The van der Waals surface area contributed by atoms with E-state index in [9.17, 15) is 0 Å². The zero-order chi connectivity index (χ0) is 11.8. The van der Waals surface area contributed by atoms with Crippen LogP contribution in [0.25, 0.3) is 0 Å². The van der Waals surface area contributed by atoms with Crippen molar-refractivity contribution in [1.29, 1.82) is 0 Å². The summed E-state index contributed by atoms with van der Waals surface area (Å²) >= 11 is 7.56. The van der Waals surface area contributed by atoms with Gasteiger partial charge in [-0.3, -0.25) is 0 Å². The van der Waals surface area contributed by atoms with Crippen LogP contribution in [-0.2, 0) is 6.54 Å². The molecule has 4 heteroatoms. The second kappa shape index (κ2) is 8.07. The monoisotopic (exact) mass is 260 g/mol. The van der Waals surface area contributed by atoms with Crippen LogP contribution in [0.2, 0.25) is 4.34 Å². The molecular weight excluding hydrogens is 240 g/mol. The standard InChI is InChI=1S/C12H21ClN2S/c1-3-4-7-14-8-9-15(2)10-11-5-6-12(13)16-11/h5-6,14H,3-4,7-10H2,1-2H3. The number of unbranched alkanes of at least 4 members (excludes halogenated alkanes) is 1. The highest BCUT2D eigenvalue weighted by Gasteiger charge is 2.02. The molecule has 16 heavy (non-hydrogen) atoms. The van der Waals surface area contributed by atoms with Gasteiger partial charge >= 0.3 is 0 Å². The first kappa shape index (κ1) is 14.0. The zero-order valence-electron chi connectivity index (χ0n) is 10.1. The average molecular weight is 261 g/mol. The van der Waals surface area contributed by atoms with Gasteiger partial charge in [0.15, 0.2) is 0 Å². The van der Waals surface area contributed by atoms with Crippen molar-refractivity contribution in [1.82, 2.24) is 10.2 Å². The van der Waals surface area contributed by atoms with Crippen LogP contribution in [0.3, 0.4) is 0 Å². The normalized spacial score (nSPS) is 11.2. The molecule has 0 unspecified atom stereocenters. The van der Waals surface area contributed by atoms with Crippen molar-refractivity contribution in [3.63, 3.8) is 0 Å². The Labute approximate surface area is 108 Å². The van der Waals surface area contributed by atoms with Crippen molar-refractivity contribution < 1.29 is 0 Å². The first-order chi connectivity index (χ1) is 7.72. The highest BCUT2D eigenvalue weighted by Crippen LogP contribution is 2.22. The van der Waals surface area contributed by atoms with E-state index in [0.29, 0.717) is 0 Å². The molecule has 0 saturated heterocycles. The van der Waals surface area contributed by atoms with Crippen molar-refractivity contribution in [2.24, 2.45) is 0 Å². The minimum Gasteiger partial charge on any atom is -0.315 e. The van der Waals surface area contributed by atoms with Crippen molar-refractivity contribution in [3.8, 4) is 0 Å². The van der Waals surface area contributed by atoms with Crippen molar-refractivity contribution in [2.75, 3.05) is 26.7 Å². The fraction of sp³-hybridized carbons (Fsp3) is 0.667. The Morgan fingerprint density at radius 3 is 2.81 bits per heavy atom. The van der Waals surface area contributed by atoms with Gasteiger partial charge in [-0.1, -0.05) is 24.9 Å². The molecule has 2 nitrogen and oxygen atoms in total. The topological polar surface area (TPSA) is 15.3 Å². The lowest BCUT2D eigenvalue weighted by Gasteiger charge is -2.15. The van der Waals surface area contributed by atoms with Gasteiger partial charge in [-0.2, -0.15) is 0 Å². The summed E-state index contributed by atoms with van der Waals surface area (Å²) in [5.74, 6) is 0. The molecule has 0 atom stereocenters. The smallest absolute Gasteiger partial charge is 0.0931 e. The third-order valence-corrected chi connectivity index (χ3v) is 3.65. The molecule has 0 amide bonds. The minimum absolute atomic E-state index is 0.879. The maximum absolute atomic E-state index is 5.89. The second-order valence-corrected chi connectivity index (χ2v) is 5.85. The Morgan fingerprint density at radius 1 is 1.38 bits per heavy atom. The predicted octanol–water partition coefficient (Wildman–Crippen LogP) is 3.22. The number of halogens is 1. The van der Waals surface area contributed by atoms with Gasteiger partial charge in [0.2, 0.25) is 0 Å². The fourth-order valence-corrected chi connectivity index (χ4v) is 2.65. The van der Waals surface area contributed by atoms with Gasteiger partial charge in [-0.15, -0.1) is 11.3 Å². The molecule has 0 radical (unpaired) electrons.